The molecule has 1 aromatic carbocycles. The number of halogens is 2. The lowest BCUT2D eigenvalue weighted by Crippen LogP contribution is -2.42. The minimum Gasteiger partial charge on any atom is -0.394 e. The van der Waals surface area contributed by atoms with Crippen molar-refractivity contribution in [3.8, 4) is 0 Å². The van der Waals surface area contributed by atoms with E-state index in [2.05, 4.69) is 41.8 Å². The van der Waals surface area contributed by atoms with Crippen molar-refractivity contribution in [1.29, 1.82) is 0 Å². The first kappa shape index (κ1) is 16.8. The van der Waals surface area contributed by atoms with Crippen LogP contribution in [0.15, 0.2) is 21.1 Å². The Hall–Kier alpha value is -0.550. The monoisotopic (exact) mass is 424 g/mol. The second kappa shape index (κ2) is 6.69. The van der Waals surface area contributed by atoms with E-state index in [0.29, 0.717) is 11.0 Å². The SMILES string of the molecule is OC[C@@H](O)[C@@H](O)[C@H](O)[C@H](O)c1nc2cc(Br)c(Br)cc2[nH]1. The molecule has 2 aromatic rings. The highest BCUT2D eigenvalue weighted by atomic mass is 79.9. The molecule has 0 spiro atoms. The molecule has 21 heavy (non-hydrogen) atoms. The minimum atomic E-state index is -1.70. The molecule has 0 saturated heterocycles. The van der Waals surface area contributed by atoms with Gasteiger partial charge in [0.15, 0.2) is 0 Å². The number of aromatic nitrogens is 2. The normalized spacial score (nSPS) is 17.7. The summed E-state index contributed by atoms with van der Waals surface area (Å²) in [5, 5.41) is 47.5. The van der Waals surface area contributed by atoms with Crippen LogP contribution >= 0.6 is 31.9 Å². The van der Waals surface area contributed by atoms with E-state index in [1.807, 2.05) is 0 Å². The topological polar surface area (TPSA) is 130 Å². The average Bonchev–Trinajstić information content (AvgIpc) is 2.87. The van der Waals surface area contributed by atoms with Crippen molar-refractivity contribution in [1.82, 2.24) is 9.97 Å². The fourth-order valence-corrected chi connectivity index (χ4v) is 2.52. The van der Waals surface area contributed by atoms with Crippen LogP contribution in [-0.4, -0.2) is 60.4 Å². The third-order valence-corrected chi connectivity index (χ3v) is 4.92. The van der Waals surface area contributed by atoms with Gasteiger partial charge in [-0.25, -0.2) is 4.98 Å². The first-order valence-electron chi connectivity index (χ1n) is 6.03. The zero-order chi connectivity index (χ0) is 15.7. The number of hydrogen-bond donors (Lipinski definition) is 6. The van der Waals surface area contributed by atoms with Gasteiger partial charge < -0.3 is 30.5 Å². The van der Waals surface area contributed by atoms with Crippen LogP contribution in [0.2, 0.25) is 0 Å². The highest BCUT2D eigenvalue weighted by Crippen LogP contribution is 2.29. The van der Waals surface area contributed by atoms with Gasteiger partial charge in [-0.1, -0.05) is 0 Å². The Labute approximate surface area is 136 Å². The number of nitrogens with zero attached hydrogens (tertiary/aromatic N) is 1. The van der Waals surface area contributed by atoms with Crippen LogP contribution in [0, 0.1) is 0 Å². The van der Waals surface area contributed by atoms with Crippen molar-refractivity contribution in [2.24, 2.45) is 0 Å². The maximum Gasteiger partial charge on any atom is 0.140 e. The Bertz CT molecular complexity index is 596. The molecule has 0 aliphatic carbocycles. The summed E-state index contributed by atoms with van der Waals surface area (Å²) in [5.74, 6) is 0.0479. The average molecular weight is 426 g/mol. The summed E-state index contributed by atoms with van der Waals surface area (Å²) < 4.78 is 1.56. The number of aliphatic hydroxyl groups excluding tert-OH is 5. The third kappa shape index (κ3) is 3.45. The van der Waals surface area contributed by atoms with Crippen molar-refractivity contribution in [3.05, 3.63) is 26.9 Å². The second-order valence-electron chi connectivity index (χ2n) is 4.58. The van der Waals surface area contributed by atoms with Crippen molar-refractivity contribution in [2.75, 3.05) is 6.61 Å². The molecule has 6 N–H and O–H groups in total. The lowest BCUT2D eigenvalue weighted by Gasteiger charge is -2.24. The summed E-state index contributed by atoms with van der Waals surface area (Å²) in [6, 6.07) is 3.46. The predicted octanol–water partition coefficient (Wildman–Crippen LogP) is 0.196. The maximum atomic E-state index is 10.0. The fraction of sp³-hybridized carbons (Fsp3) is 0.417. The van der Waals surface area contributed by atoms with Gasteiger partial charge in [-0.05, 0) is 44.0 Å². The molecular formula is C12H14Br2N2O5. The summed E-state index contributed by atoms with van der Waals surface area (Å²) >= 11 is 6.67. The van der Waals surface area contributed by atoms with E-state index < -0.39 is 31.0 Å². The number of imidazole rings is 1. The quantitative estimate of drug-likeness (QED) is 0.405. The minimum absolute atomic E-state index is 0.0479. The van der Waals surface area contributed by atoms with Gasteiger partial charge in [0.25, 0.3) is 0 Å². The van der Waals surface area contributed by atoms with Crippen LogP contribution in [0.4, 0.5) is 0 Å². The molecule has 0 amide bonds. The molecule has 116 valence electrons. The molecule has 0 radical (unpaired) electrons. The third-order valence-electron chi connectivity index (χ3n) is 3.08. The largest absolute Gasteiger partial charge is 0.394 e. The number of benzene rings is 1. The van der Waals surface area contributed by atoms with Crippen LogP contribution in [0.25, 0.3) is 11.0 Å². The predicted molar refractivity (Wildman–Crippen MR) is 81.6 cm³/mol. The van der Waals surface area contributed by atoms with Crippen LogP contribution in [-0.2, 0) is 0 Å². The zero-order valence-electron chi connectivity index (χ0n) is 10.6. The van der Waals surface area contributed by atoms with E-state index in [4.69, 9.17) is 5.11 Å². The first-order chi connectivity index (χ1) is 9.85. The number of nitrogens with one attached hydrogen (secondary N) is 1. The number of rotatable bonds is 5. The molecule has 1 heterocycles. The van der Waals surface area contributed by atoms with Crippen molar-refractivity contribution in [2.45, 2.75) is 24.4 Å². The molecular weight excluding hydrogens is 412 g/mol. The zero-order valence-corrected chi connectivity index (χ0v) is 13.8. The number of H-pyrrole nitrogens is 1. The maximum absolute atomic E-state index is 10.0. The summed E-state index contributed by atoms with van der Waals surface area (Å²) in [4.78, 5) is 6.96. The van der Waals surface area contributed by atoms with Gasteiger partial charge in [-0.15, -0.1) is 0 Å². The lowest BCUT2D eigenvalue weighted by molar-refractivity contribution is -0.117. The summed E-state index contributed by atoms with van der Waals surface area (Å²) in [5.41, 5.74) is 1.19. The van der Waals surface area contributed by atoms with Crippen LogP contribution in [0.3, 0.4) is 0 Å². The molecule has 0 bridgehead atoms. The van der Waals surface area contributed by atoms with Crippen molar-refractivity contribution in [3.63, 3.8) is 0 Å². The molecule has 0 aliphatic rings. The number of hydrogen-bond acceptors (Lipinski definition) is 6. The Morgan fingerprint density at radius 3 is 2.29 bits per heavy atom. The van der Waals surface area contributed by atoms with E-state index in [1.165, 1.54) is 0 Å². The van der Waals surface area contributed by atoms with Gasteiger partial charge in [0.1, 0.15) is 30.2 Å². The number of aliphatic hydroxyl groups is 5. The smallest absolute Gasteiger partial charge is 0.140 e. The number of fused-ring (bicyclic) bond motifs is 1. The standard InChI is InChI=1S/C12H14Br2N2O5/c13-4-1-6-7(2-5(4)14)16-12(15-6)11(21)10(20)9(19)8(18)3-17/h1-2,8-11,17-21H,3H2,(H,15,16)/t8-,9-,10+,11+/m1/s1. The van der Waals surface area contributed by atoms with Gasteiger partial charge in [-0.2, -0.15) is 0 Å². The Kier molecular flexibility index (Phi) is 5.36. The van der Waals surface area contributed by atoms with E-state index in [9.17, 15) is 20.4 Å². The van der Waals surface area contributed by atoms with Crippen LogP contribution < -0.4 is 0 Å². The van der Waals surface area contributed by atoms with Gasteiger partial charge in [0, 0.05) is 8.95 Å². The first-order valence-corrected chi connectivity index (χ1v) is 7.61. The molecule has 0 saturated carbocycles. The summed E-state index contributed by atoms with van der Waals surface area (Å²) in [7, 11) is 0. The number of aromatic amines is 1. The highest BCUT2D eigenvalue weighted by molar-refractivity contribution is 9.13. The van der Waals surface area contributed by atoms with Crippen molar-refractivity contribution >= 4 is 42.9 Å². The lowest BCUT2D eigenvalue weighted by atomic mass is 10.0. The molecule has 7 nitrogen and oxygen atoms in total. The summed E-state index contributed by atoms with van der Waals surface area (Å²) in [6.07, 6.45) is -6.48. The Balaban J connectivity index is 2.28. The van der Waals surface area contributed by atoms with Crippen LogP contribution in [0.5, 0.6) is 0 Å². The van der Waals surface area contributed by atoms with Gasteiger partial charge in [0.2, 0.25) is 0 Å². The molecule has 2 rings (SSSR count). The summed E-state index contributed by atoms with van der Waals surface area (Å²) in [6.45, 7) is -0.731. The van der Waals surface area contributed by atoms with E-state index >= 15 is 0 Å². The van der Waals surface area contributed by atoms with Gasteiger partial charge in [0.05, 0.1) is 17.6 Å². The molecule has 0 aliphatic heterocycles. The Morgan fingerprint density at radius 2 is 1.67 bits per heavy atom. The molecule has 4 atom stereocenters. The van der Waals surface area contributed by atoms with Gasteiger partial charge in [-0.3, -0.25) is 0 Å². The van der Waals surface area contributed by atoms with Crippen molar-refractivity contribution < 1.29 is 25.5 Å². The van der Waals surface area contributed by atoms with E-state index in [1.54, 1.807) is 12.1 Å². The van der Waals surface area contributed by atoms with E-state index in [-0.39, 0.29) is 5.82 Å². The van der Waals surface area contributed by atoms with E-state index in [0.717, 1.165) is 8.95 Å². The molecule has 0 unspecified atom stereocenters. The van der Waals surface area contributed by atoms with Gasteiger partial charge >= 0.3 is 0 Å². The van der Waals surface area contributed by atoms with Crippen LogP contribution in [0.1, 0.15) is 11.9 Å². The fourth-order valence-electron chi connectivity index (χ4n) is 1.85. The Morgan fingerprint density at radius 1 is 1.05 bits per heavy atom. The second-order valence-corrected chi connectivity index (χ2v) is 6.29. The highest BCUT2D eigenvalue weighted by Gasteiger charge is 2.32. The molecule has 9 heteroatoms. The molecule has 1 aromatic heterocycles. The molecule has 0 fully saturated rings.